The lowest BCUT2D eigenvalue weighted by Crippen LogP contribution is -2.26. The SMILES string of the molecule is CCC(=N)n1ccc(C(=O)OC)cc1=N. The highest BCUT2D eigenvalue weighted by atomic mass is 16.5. The van der Waals surface area contributed by atoms with Gasteiger partial charge in [-0.15, -0.1) is 0 Å². The van der Waals surface area contributed by atoms with Gasteiger partial charge in [0.05, 0.1) is 12.7 Å². The first-order chi connectivity index (χ1) is 7.10. The molecule has 0 radical (unpaired) electrons. The molecule has 5 heteroatoms. The van der Waals surface area contributed by atoms with Crippen molar-refractivity contribution >= 4 is 11.8 Å². The summed E-state index contributed by atoms with van der Waals surface area (Å²) >= 11 is 0. The minimum absolute atomic E-state index is 0.102. The van der Waals surface area contributed by atoms with Crippen molar-refractivity contribution in [1.82, 2.24) is 4.57 Å². The van der Waals surface area contributed by atoms with E-state index in [4.69, 9.17) is 10.8 Å². The van der Waals surface area contributed by atoms with Gasteiger partial charge in [-0.25, -0.2) is 4.79 Å². The van der Waals surface area contributed by atoms with Gasteiger partial charge in [0.15, 0.2) is 0 Å². The number of nitrogens with zero attached hydrogens (tertiary/aromatic N) is 1. The molecule has 0 saturated heterocycles. The van der Waals surface area contributed by atoms with Crippen LogP contribution in [-0.4, -0.2) is 23.5 Å². The molecule has 1 aromatic rings. The Kier molecular flexibility index (Phi) is 3.38. The van der Waals surface area contributed by atoms with E-state index >= 15 is 0 Å². The summed E-state index contributed by atoms with van der Waals surface area (Å²) in [6.07, 6.45) is 2.06. The number of ether oxygens (including phenoxy) is 1. The van der Waals surface area contributed by atoms with Crippen LogP contribution in [0.15, 0.2) is 18.3 Å². The third-order valence-corrected chi connectivity index (χ3v) is 2.00. The topological polar surface area (TPSA) is 78.9 Å². The van der Waals surface area contributed by atoms with Crippen molar-refractivity contribution in [3.05, 3.63) is 29.4 Å². The first kappa shape index (κ1) is 11.2. The van der Waals surface area contributed by atoms with Crippen molar-refractivity contribution < 1.29 is 9.53 Å². The zero-order chi connectivity index (χ0) is 11.4. The number of hydrogen-bond donors (Lipinski definition) is 2. The van der Waals surface area contributed by atoms with E-state index in [0.717, 1.165) is 0 Å². The molecule has 0 spiro atoms. The van der Waals surface area contributed by atoms with Crippen molar-refractivity contribution in [2.24, 2.45) is 0 Å². The van der Waals surface area contributed by atoms with Crippen molar-refractivity contribution in [2.45, 2.75) is 13.3 Å². The molecule has 1 heterocycles. The minimum Gasteiger partial charge on any atom is -0.465 e. The molecule has 0 fully saturated rings. The Morgan fingerprint density at radius 3 is 2.73 bits per heavy atom. The van der Waals surface area contributed by atoms with Crippen LogP contribution in [0.1, 0.15) is 23.7 Å². The first-order valence-corrected chi connectivity index (χ1v) is 4.53. The van der Waals surface area contributed by atoms with Crippen molar-refractivity contribution in [3.8, 4) is 0 Å². The van der Waals surface area contributed by atoms with Gasteiger partial charge in [0.25, 0.3) is 0 Å². The summed E-state index contributed by atoms with van der Waals surface area (Å²) in [5.41, 5.74) is 0.424. The minimum atomic E-state index is -0.473. The highest BCUT2D eigenvalue weighted by Gasteiger charge is 2.06. The van der Waals surface area contributed by atoms with Crippen molar-refractivity contribution in [3.63, 3.8) is 0 Å². The second-order valence-corrected chi connectivity index (χ2v) is 2.96. The van der Waals surface area contributed by atoms with E-state index in [9.17, 15) is 4.79 Å². The Hall–Kier alpha value is -1.91. The largest absolute Gasteiger partial charge is 0.465 e. The Balaban J connectivity index is 3.15. The number of aromatic nitrogens is 1. The van der Waals surface area contributed by atoms with Gasteiger partial charge in [0.2, 0.25) is 0 Å². The van der Waals surface area contributed by atoms with Gasteiger partial charge in [-0.1, -0.05) is 6.92 Å². The molecule has 2 N–H and O–H groups in total. The molecule has 1 aromatic heterocycles. The fourth-order valence-electron chi connectivity index (χ4n) is 1.15. The highest BCUT2D eigenvalue weighted by molar-refractivity contribution is 5.89. The van der Waals surface area contributed by atoms with Gasteiger partial charge in [0, 0.05) is 12.6 Å². The molecular formula is C10H13N3O2. The molecule has 0 saturated carbocycles. The molecule has 0 aliphatic carbocycles. The molecule has 15 heavy (non-hydrogen) atoms. The van der Waals surface area contributed by atoms with Crippen LogP contribution >= 0.6 is 0 Å². The molecule has 0 unspecified atom stereocenters. The number of methoxy groups -OCH3 is 1. The van der Waals surface area contributed by atoms with Crippen LogP contribution in [0.25, 0.3) is 0 Å². The summed E-state index contributed by atoms with van der Waals surface area (Å²) in [5.74, 6) is -0.157. The van der Waals surface area contributed by atoms with E-state index in [1.165, 1.54) is 30.0 Å². The number of nitrogens with one attached hydrogen (secondary N) is 2. The molecule has 0 bridgehead atoms. The molecule has 80 valence electrons. The second kappa shape index (κ2) is 4.54. The summed E-state index contributed by atoms with van der Waals surface area (Å²) < 4.78 is 5.94. The molecule has 1 rings (SSSR count). The van der Waals surface area contributed by atoms with Gasteiger partial charge in [-0.2, -0.15) is 0 Å². The van der Waals surface area contributed by atoms with E-state index in [-0.39, 0.29) is 5.49 Å². The number of hydrogen-bond acceptors (Lipinski definition) is 4. The predicted octanol–water partition coefficient (Wildman–Crippen LogP) is 0.990. The summed E-state index contributed by atoms with van der Waals surface area (Å²) in [6, 6.07) is 2.92. The maximum absolute atomic E-state index is 11.1. The van der Waals surface area contributed by atoms with Crippen LogP contribution in [0.3, 0.4) is 0 Å². The normalized spacial score (nSPS) is 9.73. The molecule has 0 atom stereocenters. The van der Waals surface area contributed by atoms with E-state index < -0.39 is 5.97 Å². The second-order valence-electron chi connectivity index (χ2n) is 2.96. The Bertz CT molecular complexity index is 448. The van der Waals surface area contributed by atoms with E-state index in [2.05, 4.69) is 4.74 Å². The molecular weight excluding hydrogens is 194 g/mol. The lowest BCUT2D eigenvalue weighted by atomic mass is 10.2. The lowest BCUT2D eigenvalue weighted by Gasteiger charge is -2.07. The standard InChI is InChI=1S/C10H13N3O2/c1-3-8(11)13-5-4-7(6-9(13)12)10(14)15-2/h4-6,11-12H,3H2,1-2H3. The summed E-state index contributed by atoms with van der Waals surface area (Å²) in [5, 5.41) is 15.2. The zero-order valence-electron chi connectivity index (χ0n) is 8.70. The van der Waals surface area contributed by atoms with Crippen LogP contribution in [0.2, 0.25) is 0 Å². The van der Waals surface area contributed by atoms with Crippen molar-refractivity contribution in [2.75, 3.05) is 7.11 Å². The summed E-state index contributed by atoms with van der Waals surface area (Å²) in [7, 11) is 1.29. The maximum atomic E-state index is 11.1. The number of carbonyl (C=O) groups excluding carboxylic acids is 1. The Morgan fingerprint density at radius 2 is 2.27 bits per heavy atom. The lowest BCUT2D eigenvalue weighted by molar-refractivity contribution is 0.0600. The van der Waals surface area contributed by atoms with Gasteiger partial charge >= 0.3 is 5.97 Å². The average molecular weight is 207 g/mol. The molecule has 0 aromatic carbocycles. The third-order valence-electron chi connectivity index (χ3n) is 2.00. The molecule has 0 aliphatic heterocycles. The van der Waals surface area contributed by atoms with Gasteiger partial charge in [-0.05, 0) is 12.1 Å². The average Bonchev–Trinajstić information content (AvgIpc) is 2.26. The first-order valence-electron chi connectivity index (χ1n) is 4.53. The fourth-order valence-corrected chi connectivity index (χ4v) is 1.15. The Labute approximate surface area is 87.3 Å². The van der Waals surface area contributed by atoms with Gasteiger partial charge in [-0.3, -0.25) is 15.4 Å². The quantitative estimate of drug-likeness (QED) is 0.431. The van der Waals surface area contributed by atoms with E-state index in [0.29, 0.717) is 17.8 Å². The number of carbonyl (C=O) groups is 1. The van der Waals surface area contributed by atoms with E-state index in [1.54, 1.807) is 0 Å². The molecule has 5 nitrogen and oxygen atoms in total. The van der Waals surface area contributed by atoms with Gasteiger partial charge < -0.3 is 4.74 Å². The maximum Gasteiger partial charge on any atom is 0.338 e. The monoisotopic (exact) mass is 207 g/mol. The number of rotatable bonds is 2. The van der Waals surface area contributed by atoms with Crippen molar-refractivity contribution in [1.29, 1.82) is 10.8 Å². The molecule has 0 amide bonds. The summed E-state index contributed by atoms with van der Waals surface area (Å²) in [4.78, 5) is 11.1. The van der Waals surface area contributed by atoms with Crippen LogP contribution < -0.4 is 5.49 Å². The van der Waals surface area contributed by atoms with Crippen LogP contribution in [0, 0.1) is 10.8 Å². The van der Waals surface area contributed by atoms with E-state index in [1.807, 2.05) is 6.92 Å². The highest BCUT2D eigenvalue weighted by Crippen LogP contribution is 1.97. The number of pyridine rings is 1. The molecule has 0 aliphatic rings. The smallest absolute Gasteiger partial charge is 0.338 e. The fraction of sp³-hybridized carbons (Fsp3) is 0.300. The van der Waals surface area contributed by atoms with Gasteiger partial charge in [0.1, 0.15) is 11.3 Å². The Morgan fingerprint density at radius 1 is 1.60 bits per heavy atom. The predicted molar refractivity (Wildman–Crippen MR) is 55.0 cm³/mol. The van der Waals surface area contributed by atoms with Crippen LogP contribution in [0.5, 0.6) is 0 Å². The number of esters is 1. The zero-order valence-corrected chi connectivity index (χ0v) is 8.70. The van der Waals surface area contributed by atoms with Crippen LogP contribution in [-0.2, 0) is 4.74 Å². The van der Waals surface area contributed by atoms with Crippen LogP contribution in [0.4, 0.5) is 0 Å². The summed E-state index contributed by atoms with van der Waals surface area (Å²) in [6.45, 7) is 1.84. The third kappa shape index (κ3) is 2.31.